The van der Waals surface area contributed by atoms with Gasteiger partial charge in [0.1, 0.15) is 16.5 Å². The maximum Gasteiger partial charge on any atom is 0.502 e. The molecule has 26 heavy (non-hydrogen) atoms. The summed E-state index contributed by atoms with van der Waals surface area (Å²) in [6, 6.07) is 11.5. The molecule has 0 aliphatic rings. The average Bonchev–Trinajstić information content (AvgIpc) is 3.05. The molecule has 5 nitrogen and oxygen atoms in total. The molecule has 0 atom stereocenters. The van der Waals surface area contributed by atoms with Gasteiger partial charge in [-0.3, -0.25) is 0 Å². The van der Waals surface area contributed by atoms with E-state index in [1.807, 2.05) is 18.2 Å². The van der Waals surface area contributed by atoms with Gasteiger partial charge in [0, 0.05) is 5.56 Å². The number of thiazole rings is 1. The highest BCUT2D eigenvalue weighted by Crippen LogP contribution is 2.33. The van der Waals surface area contributed by atoms with Crippen molar-refractivity contribution < 1.29 is 27.8 Å². The lowest BCUT2D eigenvalue weighted by atomic mass is 10.2. The monoisotopic (exact) mass is 379 g/mol. The van der Waals surface area contributed by atoms with E-state index in [0.717, 1.165) is 26.5 Å². The molecule has 0 bridgehead atoms. The molecule has 0 N–H and O–H groups in total. The first kappa shape index (κ1) is 18.1. The summed E-state index contributed by atoms with van der Waals surface area (Å²) in [4.78, 5) is 15.7. The largest absolute Gasteiger partial charge is 0.502 e. The van der Waals surface area contributed by atoms with Gasteiger partial charge >= 0.3 is 12.1 Å². The number of hydrogen-bond acceptors (Lipinski definition) is 6. The molecule has 2 aromatic carbocycles. The Balaban J connectivity index is 1.80. The Morgan fingerprint density at radius 2 is 1.85 bits per heavy atom. The maximum atomic E-state index is 13.6. The third-order valence-corrected chi connectivity index (χ3v) is 4.52. The van der Waals surface area contributed by atoms with E-state index in [-0.39, 0.29) is 12.4 Å². The van der Waals surface area contributed by atoms with Crippen molar-refractivity contribution in [1.82, 2.24) is 4.98 Å². The van der Waals surface area contributed by atoms with Crippen LogP contribution in [-0.2, 0) is 9.53 Å². The van der Waals surface area contributed by atoms with E-state index >= 15 is 0 Å². The number of fused-ring (bicyclic) bond motifs is 1. The van der Waals surface area contributed by atoms with Gasteiger partial charge in [-0.05, 0) is 49.4 Å². The Morgan fingerprint density at radius 1 is 1.15 bits per heavy atom. The number of rotatable bonds is 6. The molecule has 0 saturated heterocycles. The van der Waals surface area contributed by atoms with E-state index in [1.165, 1.54) is 30.4 Å². The van der Waals surface area contributed by atoms with Crippen molar-refractivity contribution in [3.63, 3.8) is 0 Å². The first-order chi connectivity index (χ1) is 12.4. The van der Waals surface area contributed by atoms with Crippen LogP contribution in [0.2, 0.25) is 0 Å². The molecule has 3 rings (SSSR count). The summed E-state index contributed by atoms with van der Waals surface area (Å²) in [6.07, 6.45) is -4.04. The Bertz CT molecular complexity index is 925. The van der Waals surface area contributed by atoms with E-state index < -0.39 is 12.1 Å². The highest BCUT2D eigenvalue weighted by Gasteiger charge is 2.44. The van der Waals surface area contributed by atoms with Crippen LogP contribution < -0.4 is 9.47 Å². The van der Waals surface area contributed by atoms with Crippen LogP contribution in [0.15, 0.2) is 42.5 Å². The summed E-state index contributed by atoms with van der Waals surface area (Å²) in [7, 11) is 1.59. The van der Waals surface area contributed by atoms with Crippen molar-refractivity contribution >= 4 is 27.5 Å². The van der Waals surface area contributed by atoms with E-state index in [2.05, 4.69) is 14.5 Å². The minimum Gasteiger partial charge on any atom is -0.497 e. The predicted molar refractivity (Wildman–Crippen MR) is 93.8 cm³/mol. The Hall–Kier alpha value is -2.74. The van der Waals surface area contributed by atoms with Gasteiger partial charge in [0.05, 0.1) is 23.9 Å². The second-order valence-corrected chi connectivity index (χ2v) is 6.25. The molecule has 8 heteroatoms. The van der Waals surface area contributed by atoms with Crippen LogP contribution in [-0.4, -0.2) is 30.8 Å². The summed E-state index contributed by atoms with van der Waals surface area (Å²) >= 11 is 1.46. The van der Waals surface area contributed by atoms with Gasteiger partial charge in [0.15, 0.2) is 0 Å². The standard InChI is InChI=1S/C18H15F2NO4S/c1-3-24-17(22)18(19,20)25-12-6-4-11(5-7-12)16-21-14-9-8-13(23-2)10-15(14)26-16/h4-10H,3H2,1-2H3. The number of nitrogens with zero attached hydrogens (tertiary/aromatic N) is 1. The molecule has 3 aromatic rings. The fraction of sp³-hybridized carbons (Fsp3) is 0.222. The van der Waals surface area contributed by atoms with Crippen LogP contribution in [0, 0.1) is 0 Å². The molecule has 0 aliphatic carbocycles. The van der Waals surface area contributed by atoms with Crippen molar-refractivity contribution in [2.24, 2.45) is 0 Å². The maximum absolute atomic E-state index is 13.6. The number of carbonyl (C=O) groups is 1. The third-order valence-electron chi connectivity index (χ3n) is 3.46. The van der Waals surface area contributed by atoms with Gasteiger partial charge in [-0.25, -0.2) is 9.78 Å². The number of hydrogen-bond donors (Lipinski definition) is 0. The first-order valence-corrected chi connectivity index (χ1v) is 8.53. The highest BCUT2D eigenvalue weighted by atomic mass is 32.1. The van der Waals surface area contributed by atoms with Crippen LogP contribution in [0.3, 0.4) is 0 Å². The number of ether oxygens (including phenoxy) is 3. The molecular weight excluding hydrogens is 364 g/mol. The van der Waals surface area contributed by atoms with Crippen LogP contribution in [0.4, 0.5) is 8.78 Å². The summed E-state index contributed by atoms with van der Waals surface area (Å²) < 4.78 is 42.1. The Labute approximate surface area is 152 Å². The van der Waals surface area contributed by atoms with Gasteiger partial charge in [0.25, 0.3) is 0 Å². The van der Waals surface area contributed by atoms with E-state index in [9.17, 15) is 13.6 Å². The molecular formula is C18H15F2NO4S. The molecule has 0 unspecified atom stereocenters. The minimum atomic E-state index is -4.04. The zero-order valence-electron chi connectivity index (χ0n) is 14.0. The fourth-order valence-electron chi connectivity index (χ4n) is 2.23. The summed E-state index contributed by atoms with van der Waals surface area (Å²) in [5.41, 5.74) is 1.57. The zero-order valence-corrected chi connectivity index (χ0v) is 14.8. The number of carbonyl (C=O) groups excluding carboxylic acids is 1. The van der Waals surface area contributed by atoms with Gasteiger partial charge < -0.3 is 14.2 Å². The van der Waals surface area contributed by atoms with Crippen molar-refractivity contribution in [1.29, 1.82) is 0 Å². The van der Waals surface area contributed by atoms with Gasteiger partial charge in [-0.2, -0.15) is 8.78 Å². The number of halogens is 2. The molecule has 0 spiro atoms. The minimum absolute atomic E-state index is 0.144. The molecule has 0 radical (unpaired) electrons. The molecule has 0 saturated carbocycles. The highest BCUT2D eigenvalue weighted by molar-refractivity contribution is 7.21. The Kier molecular flexibility index (Phi) is 5.03. The van der Waals surface area contributed by atoms with Gasteiger partial charge in [-0.15, -0.1) is 11.3 Å². The Morgan fingerprint density at radius 3 is 2.50 bits per heavy atom. The topological polar surface area (TPSA) is 57.7 Å². The second-order valence-electron chi connectivity index (χ2n) is 5.22. The number of benzene rings is 2. The van der Waals surface area contributed by atoms with E-state index in [4.69, 9.17) is 4.74 Å². The fourth-order valence-corrected chi connectivity index (χ4v) is 3.23. The molecule has 0 amide bonds. The number of alkyl halides is 2. The van der Waals surface area contributed by atoms with Gasteiger partial charge in [-0.1, -0.05) is 0 Å². The zero-order chi connectivity index (χ0) is 18.7. The average molecular weight is 379 g/mol. The third kappa shape index (κ3) is 3.75. The van der Waals surface area contributed by atoms with Crippen molar-refractivity contribution in [3.05, 3.63) is 42.5 Å². The predicted octanol–water partition coefficient (Wildman–Crippen LogP) is 4.51. The van der Waals surface area contributed by atoms with Crippen molar-refractivity contribution in [2.75, 3.05) is 13.7 Å². The molecule has 0 aliphatic heterocycles. The van der Waals surface area contributed by atoms with E-state index in [1.54, 1.807) is 19.2 Å². The van der Waals surface area contributed by atoms with Crippen LogP contribution in [0.5, 0.6) is 11.5 Å². The molecule has 1 heterocycles. The molecule has 0 fully saturated rings. The quantitative estimate of drug-likeness (QED) is 0.590. The van der Waals surface area contributed by atoms with Crippen LogP contribution in [0.1, 0.15) is 6.92 Å². The summed E-state index contributed by atoms with van der Waals surface area (Å²) in [5, 5.41) is 0.733. The lowest BCUT2D eigenvalue weighted by Gasteiger charge is -2.15. The molecule has 1 aromatic heterocycles. The SMILES string of the molecule is CCOC(=O)C(F)(F)Oc1ccc(-c2nc3ccc(OC)cc3s2)cc1. The first-order valence-electron chi connectivity index (χ1n) is 7.72. The van der Waals surface area contributed by atoms with E-state index in [0.29, 0.717) is 0 Å². The lowest BCUT2D eigenvalue weighted by Crippen LogP contribution is -2.36. The van der Waals surface area contributed by atoms with Crippen molar-refractivity contribution in [2.45, 2.75) is 13.0 Å². The normalized spacial score (nSPS) is 11.4. The van der Waals surface area contributed by atoms with Crippen LogP contribution >= 0.6 is 11.3 Å². The smallest absolute Gasteiger partial charge is 0.497 e. The molecule has 136 valence electrons. The number of aromatic nitrogens is 1. The van der Waals surface area contributed by atoms with Gasteiger partial charge in [0.2, 0.25) is 0 Å². The lowest BCUT2D eigenvalue weighted by molar-refractivity contribution is -0.216. The van der Waals surface area contributed by atoms with Crippen LogP contribution in [0.25, 0.3) is 20.8 Å². The van der Waals surface area contributed by atoms with Crippen molar-refractivity contribution in [3.8, 4) is 22.1 Å². The number of esters is 1. The summed E-state index contributed by atoms with van der Waals surface area (Å²) in [5.74, 6) is -1.13. The second kappa shape index (κ2) is 7.25. The summed E-state index contributed by atoms with van der Waals surface area (Å²) in [6.45, 7) is 1.29. The number of methoxy groups -OCH3 is 1.